The second kappa shape index (κ2) is 7.39. The van der Waals surface area contributed by atoms with E-state index >= 15 is 0 Å². The highest BCUT2D eigenvalue weighted by atomic mass is 35.5. The van der Waals surface area contributed by atoms with Gasteiger partial charge in [-0.05, 0) is 37.8 Å². The average Bonchev–Trinajstić information content (AvgIpc) is 3.29. The SMILES string of the molecule is O=S(=O)(c1ccc(Cl)s1)N1CCC2(CC1)NCCN=C2NC1CCCC1. The first-order valence-corrected chi connectivity index (χ1v) is 12.0. The van der Waals surface area contributed by atoms with Crippen molar-refractivity contribution in [2.24, 2.45) is 4.99 Å². The molecule has 1 aliphatic carbocycles. The predicted molar refractivity (Wildman–Crippen MR) is 106 cm³/mol. The third-order valence-corrected chi connectivity index (χ3v) is 9.31. The summed E-state index contributed by atoms with van der Waals surface area (Å²) in [6, 6.07) is 3.75. The van der Waals surface area contributed by atoms with Gasteiger partial charge in [0, 0.05) is 25.7 Å². The molecule has 3 aliphatic rings. The Morgan fingerprint density at radius 3 is 2.65 bits per heavy atom. The Labute approximate surface area is 164 Å². The maximum Gasteiger partial charge on any atom is 0.252 e. The van der Waals surface area contributed by atoms with Crippen molar-refractivity contribution in [3.05, 3.63) is 16.5 Å². The molecular weight excluding hydrogens is 392 g/mol. The first-order chi connectivity index (χ1) is 12.5. The molecule has 0 unspecified atom stereocenters. The normalized spacial score (nSPS) is 24.7. The van der Waals surface area contributed by atoms with E-state index in [1.54, 1.807) is 16.4 Å². The molecule has 26 heavy (non-hydrogen) atoms. The molecule has 1 spiro atoms. The largest absolute Gasteiger partial charge is 0.370 e. The highest BCUT2D eigenvalue weighted by Crippen LogP contribution is 2.33. The first-order valence-electron chi connectivity index (χ1n) is 9.32. The Morgan fingerprint density at radius 1 is 1.27 bits per heavy atom. The lowest BCUT2D eigenvalue weighted by molar-refractivity contribution is 0.240. The number of aliphatic imine (C=N–C) groups is 1. The molecule has 2 N–H and O–H groups in total. The van der Waals surface area contributed by atoms with Crippen LogP contribution in [0.2, 0.25) is 4.34 Å². The van der Waals surface area contributed by atoms with E-state index in [4.69, 9.17) is 16.6 Å². The maximum atomic E-state index is 12.8. The van der Waals surface area contributed by atoms with E-state index in [0.29, 0.717) is 27.7 Å². The van der Waals surface area contributed by atoms with Gasteiger partial charge in [0.25, 0.3) is 10.0 Å². The summed E-state index contributed by atoms with van der Waals surface area (Å²) < 4.78 is 28.1. The van der Waals surface area contributed by atoms with Crippen molar-refractivity contribution in [2.75, 3.05) is 26.2 Å². The fourth-order valence-corrected chi connectivity index (χ4v) is 7.31. The third-order valence-electron chi connectivity index (χ3n) is 5.71. The molecule has 9 heteroatoms. The molecular formula is C17H25ClN4O2S2. The molecule has 1 saturated carbocycles. The van der Waals surface area contributed by atoms with Crippen LogP contribution in [0.5, 0.6) is 0 Å². The third kappa shape index (κ3) is 3.54. The van der Waals surface area contributed by atoms with Crippen molar-refractivity contribution in [1.29, 1.82) is 0 Å². The molecule has 0 aromatic carbocycles. The summed E-state index contributed by atoms with van der Waals surface area (Å²) in [5, 5.41) is 7.31. The molecule has 1 saturated heterocycles. The number of nitrogens with one attached hydrogen (secondary N) is 2. The zero-order chi connectivity index (χ0) is 18.2. The predicted octanol–water partition coefficient (Wildman–Crippen LogP) is 2.46. The lowest BCUT2D eigenvalue weighted by Gasteiger charge is -2.45. The van der Waals surface area contributed by atoms with Crippen molar-refractivity contribution in [3.8, 4) is 0 Å². The minimum Gasteiger partial charge on any atom is -0.370 e. The van der Waals surface area contributed by atoms with Crippen LogP contribution in [0.15, 0.2) is 21.3 Å². The highest BCUT2D eigenvalue weighted by Gasteiger charge is 2.44. The van der Waals surface area contributed by atoms with Gasteiger partial charge in [-0.1, -0.05) is 24.4 Å². The smallest absolute Gasteiger partial charge is 0.252 e. The highest BCUT2D eigenvalue weighted by molar-refractivity contribution is 7.91. The Balaban J connectivity index is 1.47. The van der Waals surface area contributed by atoms with Crippen LogP contribution in [0.3, 0.4) is 0 Å². The van der Waals surface area contributed by atoms with Gasteiger partial charge in [0.05, 0.1) is 16.4 Å². The van der Waals surface area contributed by atoms with Crippen LogP contribution in [0, 0.1) is 0 Å². The van der Waals surface area contributed by atoms with Gasteiger partial charge in [-0.25, -0.2) is 8.42 Å². The molecule has 4 rings (SSSR count). The maximum absolute atomic E-state index is 12.8. The van der Waals surface area contributed by atoms with E-state index in [1.165, 1.54) is 25.7 Å². The van der Waals surface area contributed by atoms with Gasteiger partial charge in [0.15, 0.2) is 0 Å². The number of piperidine rings is 1. The van der Waals surface area contributed by atoms with Crippen LogP contribution in [0.25, 0.3) is 0 Å². The fourth-order valence-electron chi connectivity index (χ4n) is 4.23. The van der Waals surface area contributed by atoms with Crippen LogP contribution in [-0.4, -0.2) is 56.3 Å². The minimum absolute atomic E-state index is 0.208. The molecule has 2 fully saturated rings. The number of hydrogen-bond acceptors (Lipinski definition) is 6. The number of amidine groups is 1. The van der Waals surface area contributed by atoms with Crippen LogP contribution in [-0.2, 0) is 10.0 Å². The standard InChI is InChI=1S/C17H25ClN4O2S2/c18-14-5-6-15(25-14)26(23,24)22-11-7-17(8-12-22)16(19-9-10-20-17)21-13-3-1-2-4-13/h5-6,13,20H,1-4,7-12H2,(H,19,21). The number of rotatable bonds is 3. The number of sulfonamides is 1. The summed E-state index contributed by atoms with van der Waals surface area (Å²) in [5.41, 5.74) is -0.208. The molecule has 144 valence electrons. The summed E-state index contributed by atoms with van der Waals surface area (Å²) in [6.45, 7) is 2.63. The minimum atomic E-state index is -3.46. The Bertz CT molecular complexity index is 778. The van der Waals surface area contributed by atoms with Crippen molar-refractivity contribution >= 4 is 38.8 Å². The summed E-state index contributed by atoms with van der Waals surface area (Å²) in [6.07, 6.45) is 6.44. The first kappa shape index (κ1) is 18.7. The van der Waals surface area contributed by atoms with Gasteiger partial charge in [-0.15, -0.1) is 11.3 Å². The molecule has 0 amide bonds. The van der Waals surface area contributed by atoms with Gasteiger partial charge in [-0.2, -0.15) is 4.31 Å². The Kier molecular flexibility index (Phi) is 5.31. The summed E-state index contributed by atoms with van der Waals surface area (Å²) in [7, 11) is -3.46. The van der Waals surface area contributed by atoms with E-state index in [2.05, 4.69) is 10.6 Å². The van der Waals surface area contributed by atoms with E-state index in [0.717, 1.165) is 43.1 Å². The molecule has 3 heterocycles. The topological polar surface area (TPSA) is 73.8 Å². The van der Waals surface area contributed by atoms with E-state index in [1.807, 2.05) is 0 Å². The zero-order valence-electron chi connectivity index (χ0n) is 14.7. The van der Waals surface area contributed by atoms with Gasteiger partial charge in [-0.3, -0.25) is 4.99 Å². The van der Waals surface area contributed by atoms with Gasteiger partial charge in [0.1, 0.15) is 10.0 Å². The van der Waals surface area contributed by atoms with Crippen molar-refractivity contribution in [2.45, 2.75) is 54.3 Å². The monoisotopic (exact) mass is 416 g/mol. The number of nitrogens with zero attached hydrogens (tertiary/aromatic N) is 2. The lowest BCUT2D eigenvalue weighted by atomic mass is 9.85. The van der Waals surface area contributed by atoms with Gasteiger partial charge < -0.3 is 10.6 Å². The number of thiophene rings is 1. The summed E-state index contributed by atoms with van der Waals surface area (Å²) in [5.74, 6) is 1.05. The molecule has 0 atom stereocenters. The second-order valence-electron chi connectivity index (χ2n) is 7.33. The van der Waals surface area contributed by atoms with E-state index in [9.17, 15) is 8.42 Å². The molecule has 6 nitrogen and oxygen atoms in total. The second-order valence-corrected chi connectivity index (χ2v) is 11.2. The molecule has 1 aromatic rings. The zero-order valence-corrected chi connectivity index (χ0v) is 17.1. The number of hydrogen-bond donors (Lipinski definition) is 2. The van der Waals surface area contributed by atoms with Crippen LogP contribution in [0.1, 0.15) is 38.5 Å². The van der Waals surface area contributed by atoms with Crippen molar-refractivity contribution in [1.82, 2.24) is 14.9 Å². The van der Waals surface area contributed by atoms with Crippen molar-refractivity contribution < 1.29 is 8.42 Å². The molecule has 0 radical (unpaired) electrons. The van der Waals surface area contributed by atoms with Crippen molar-refractivity contribution in [3.63, 3.8) is 0 Å². The fraction of sp³-hybridized carbons (Fsp3) is 0.706. The summed E-state index contributed by atoms with van der Waals surface area (Å²) >= 11 is 7.04. The molecule has 0 bridgehead atoms. The molecule has 2 aliphatic heterocycles. The van der Waals surface area contributed by atoms with E-state index < -0.39 is 10.0 Å². The average molecular weight is 417 g/mol. The van der Waals surface area contributed by atoms with Gasteiger partial charge in [0.2, 0.25) is 0 Å². The van der Waals surface area contributed by atoms with Crippen LogP contribution < -0.4 is 10.6 Å². The summed E-state index contributed by atoms with van der Waals surface area (Å²) in [4.78, 5) is 4.78. The quantitative estimate of drug-likeness (QED) is 0.793. The lowest BCUT2D eigenvalue weighted by Crippen LogP contribution is -2.65. The number of halogens is 1. The Hall–Kier alpha value is -0.670. The Morgan fingerprint density at radius 2 is 2.00 bits per heavy atom. The molecule has 1 aromatic heterocycles. The van der Waals surface area contributed by atoms with Gasteiger partial charge >= 0.3 is 0 Å². The van der Waals surface area contributed by atoms with E-state index in [-0.39, 0.29) is 5.54 Å². The van der Waals surface area contributed by atoms with Crippen LogP contribution >= 0.6 is 22.9 Å². The van der Waals surface area contributed by atoms with Crippen LogP contribution in [0.4, 0.5) is 0 Å².